The molecular weight excluding hydrogens is 324 g/mol. The van der Waals surface area contributed by atoms with Crippen LogP contribution in [0.5, 0.6) is 0 Å². The first kappa shape index (κ1) is 18.3. The fourth-order valence-corrected chi connectivity index (χ4v) is 3.38. The first-order valence-electron chi connectivity index (χ1n) is 8.04. The van der Waals surface area contributed by atoms with Gasteiger partial charge in [0.25, 0.3) is 0 Å². The smallest absolute Gasteiger partial charge is 0.236 e. The number of rotatable bonds is 8. The summed E-state index contributed by atoms with van der Waals surface area (Å²) in [7, 11) is 0. The lowest BCUT2D eigenvalue weighted by atomic mass is 10.3. The van der Waals surface area contributed by atoms with Crippen molar-refractivity contribution in [2.75, 3.05) is 13.1 Å². The standard InChI is InChI=1S/C17H24N4O2S/c1-6-20(11-12(3)4)16(22)13(5)24-17-19-18-15(21(17)7-2)14-9-8-10-23-14/h8-10,13H,3,6-7,11H2,1-2,4-5H3. The first-order chi connectivity index (χ1) is 11.5. The molecule has 7 heteroatoms. The second-order valence-electron chi connectivity index (χ2n) is 5.60. The van der Waals surface area contributed by atoms with Crippen LogP contribution in [0.25, 0.3) is 11.6 Å². The molecule has 24 heavy (non-hydrogen) atoms. The van der Waals surface area contributed by atoms with Crippen LogP contribution in [0.15, 0.2) is 40.1 Å². The number of hydrogen-bond donors (Lipinski definition) is 0. The Kier molecular flexibility index (Phi) is 6.25. The van der Waals surface area contributed by atoms with E-state index in [0.717, 1.165) is 10.7 Å². The molecule has 130 valence electrons. The molecule has 6 nitrogen and oxygen atoms in total. The lowest BCUT2D eigenvalue weighted by Crippen LogP contribution is -2.37. The number of thioether (sulfide) groups is 1. The van der Waals surface area contributed by atoms with Gasteiger partial charge in [-0.15, -0.1) is 10.2 Å². The van der Waals surface area contributed by atoms with Gasteiger partial charge in [0.2, 0.25) is 5.91 Å². The molecule has 0 saturated carbocycles. The maximum atomic E-state index is 12.6. The van der Waals surface area contributed by atoms with Crippen molar-refractivity contribution in [1.82, 2.24) is 19.7 Å². The molecule has 0 aliphatic heterocycles. The molecular formula is C17H24N4O2S. The summed E-state index contributed by atoms with van der Waals surface area (Å²) < 4.78 is 7.37. The number of furan rings is 1. The van der Waals surface area contributed by atoms with E-state index in [1.807, 2.05) is 44.4 Å². The Morgan fingerprint density at radius 1 is 1.46 bits per heavy atom. The zero-order valence-electron chi connectivity index (χ0n) is 14.7. The highest BCUT2D eigenvalue weighted by molar-refractivity contribution is 8.00. The Balaban J connectivity index is 2.15. The van der Waals surface area contributed by atoms with Gasteiger partial charge in [0.1, 0.15) is 0 Å². The summed E-state index contributed by atoms with van der Waals surface area (Å²) in [5.74, 6) is 1.43. The van der Waals surface area contributed by atoms with Crippen LogP contribution in [0.1, 0.15) is 27.7 Å². The number of carbonyl (C=O) groups excluding carboxylic acids is 1. The van der Waals surface area contributed by atoms with Gasteiger partial charge in [-0.2, -0.15) is 0 Å². The SMILES string of the molecule is C=C(C)CN(CC)C(=O)C(C)Sc1nnc(-c2ccco2)n1CC. The number of likely N-dealkylation sites (N-methyl/N-ethyl adjacent to an activating group) is 1. The number of aromatic nitrogens is 3. The van der Waals surface area contributed by atoms with Crippen LogP contribution in [0.3, 0.4) is 0 Å². The summed E-state index contributed by atoms with van der Waals surface area (Å²) in [4.78, 5) is 14.4. The molecule has 0 aromatic carbocycles. The molecule has 2 heterocycles. The molecule has 1 unspecified atom stereocenters. The lowest BCUT2D eigenvalue weighted by molar-refractivity contribution is -0.129. The molecule has 0 fully saturated rings. The summed E-state index contributed by atoms with van der Waals surface area (Å²) in [6.07, 6.45) is 1.61. The Morgan fingerprint density at radius 3 is 2.75 bits per heavy atom. The van der Waals surface area contributed by atoms with E-state index in [1.165, 1.54) is 11.8 Å². The third-order valence-electron chi connectivity index (χ3n) is 3.56. The van der Waals surface area contributed by atoms with Gasteiger partial charge in [-0.25, -0.2) is 0 Å². The Bertz CT molecular complexity index is 694. The molecule has 0 radical (unpaired) electrons. The predicted octanol–water partition coefficient (Wildman–Crippen LogP) is 3.46. The van der Waals surface area contributed by atoms with Gasteiger partial charge in [0.05, 0.1) is 11.5 Å². The van der Waals surface area contributed by atoms with E-state index in [-0.39, 0.29) is 11.2 Å². The third-order valence-corrected chi connectivity index (χ3v) is 4.63. The van der Waals surface area contributed by atoms with Gasteiger partial charge in [-0.1, -0.05) is 23.9 Å². The van der Waals surface area contributed by atoms with Crippen molar-refractivity contribution in [2.24, 2.45) is 0 Å². The fraction of sp³-hybridized carbons (Fsp3) is 0.471. The number of amides is 1. The zero-order chi connectivity index (χ0) is 17.7. The average Bonchev–Trinajstić information content (AvgIpc) is 3.20. The zero-order valence-corrected chi connectivity index (χ0v) is 15.5. The van der Waals surface area contributed by atoms with Crippen molar-refractivity contribution in [3.63, 3.8) is 0 Å². The van der Waals surface area contributed by atoms with Crippen LogP contribution in [0, 0.1) is 0 Å². The highest BCUT2D eigenvalue weighted by Crippen LogP contribution is 2.27. The molecule has 2 aromatic heterocycles. The van der Waals surface area contributed by atoms with E-state index in [9.17, 15) is 4.79 Å². The van der Waals surface area contributed by atoms with E-state index in [0.29, 0.717) is 31.2 Å². The van der Waals surface area contributed by atoms with Crippen molar-refractivity contribution in [3.05, 3.63) is 30.5 Å². The second-order valence-corrected chi connectivity index (χ2v) is 6.91. The monoisotopic (exact) mass is 348 g/mol. The summed E-state index contributed by atoms with van der Waals surface area (Å²) in [5.41, 5.74) is 0.972. The summed E-state index contributed by atoms with van der Waals surface area (Å²) in [6.45, 7) is 13.7. The van der Waals surface area contributed by atoms with E-state index in [2.05, 4.69) is 16.8 Å². The highest BCUT2D eigenvalue weighted by atomic mass is 32.2. The van der Waals surface area contributed by atoms with Crippen LogP contribution in [-0.2, 0) is 11.3 Å². The van der Waals surface area contributed by atoms with Gasteiger partial charge in [-0.05, 0) is 39.8 Å². The van der Waals surface area contributed by atoms with E-state index in [4.69, 9.17) is 4.42 Å². The van der Waals surface area contributed by atoms with E-state index < -0.39 is 0 Å². The number of hydrogen-bond acceptors (Lipinski definition) is 5. The minimum Gasteiger partial charge on any atom is -0.461 e. The van der Waals surface area contributed by atoms with Crippen LogP contribution >= 0.6 is 11.8 Å². The van der Waals surface area contributed by atoms with Gasteiger partial charge in [-0.3, -0.25) is 9.36 Å². The molecule has 1 atom stereocenters. The highest BCUT2D eigenvalue weighted by Gasteiger charge is 2.24. The van der Waals surface area contributed by atoms with Crippen molar-refractivity contribution >= 4 is 17.7 Å². The van der Waals surface area contributed by atoms with Gasteiger partial charge in [0, 0.05) is 19.6 Å². The molecule has 0 aliphatic rings. The molecule has 0 aliphatic carbocycles. The largest absolute Gasteiger partial charge is 0.461 e. The quantitative estimate of drug-likeness (QED) is 0.540. The molecule has 0 spiro atoms. The van der Waals surface area contributed by atoms with E-state index in [1.54, 1.807) is 11.2 Å². The van der Waals surface area contributed by atoms with Gasteiger partial charge in [0.15, 0.2) is 16.7 Å². The van der Waals surface area contributed by atoms with Crippen molar-refractivity contribution in [1.29, 1.82) is 0 Å². The fourth-order valence-electron chi connectivity index (χ4n) is 2.39. The van der Waals surface area contributed by atoms with Gasteiger partial charge < -0.3 is 9.32 Å². The summed E-state index contributed by atoms with van der Waals surface area (Å²) >= 11 is 1.42. The van der Waals surface area contributed by atoms with Crippen LogP contribution in [0.2, 0.25) is 0 Å². The molecule has 1 amide bonds. The Morgan fingerprint density at radius 2 is 2.21 bits per heavy atom. The summed E-state index contributed by atoms with van der Waals surface area (Å²) in [6, 6.07) is 3.67. The topological polar surface area (TPSA) is 64.2 Å². The summed E-state index contributed by atoms with van der Waals surface area (Å²) in [5, 5.41) is 8.93. The van der Waals surface area contributed by atoms with Crippen molar-refractivity contribution in [3.8, 4) is 11.6 Å². The van der Waals surface area contributed by atoms with Crippen molar-refractivity contribution < 1.29 is 9.21 Å². The maximum absolute atomic E-state index is 12.6. The normalized spacial score (nSPS) is 12.2. The molecule has 0 saturated heterocycles. The Hall–Kier alpha value is -2.02. The minimum atomic E-state index is -0.247. The molecule has 0 bridgehead atoms. The second kappa shape index (κ2) is 8.19. The Labute approximate surface area is 146 Å². The van der Waals surface area contributed by atoms with E-state index >= 15 is 0 Å². The van der Waals surface area contributed by atoms with Crippen LogP contribution in [0.4, 0.5) is 0 Å². The maximum Gasteiger partial charge on any atom is 0.236 e. The number of nitrogens with zero attached hydrogens (tertiary/aromatic N) is 4. The first-order valence-corrected chi connectivity index (χ1v) is 8.92. The third kappa shape index (κ3) is 4.08. The van der Waals surface area contributed by atoms with Crippen molar-refractivity contribution in [2.45, 2.75) is 44.6 Å². The molecule has 0 N–H and O–H groups in total. The lowest BCUT2D eigenvalue weighted by Gasteiger charge is -2.24. The minimum absolute atomic E-state index is 0.0794. The average molecular weight is 348 g/mol. The molecule has 2 aromatic rings. The predicted molar refractivity (Wildman–Crippen MR) is 95.8 cm³/mol. The van der Waals surface area contributed by atoms with Crippen LogP contribution < -0.4 is 0 Å². The molecule has 2 rings (SSSR count). The van der Waals surface area contributed by atoms with Gasteiger partial charge >= 0.3 is 0 Å². The van der Waals surface area contributed by atoms with Crippen LogP contribution in [-0.4, -0.2) is 43.9 Å². The number of carbonyl (C=O) groups is 1.